The van der Waals surface area contributed by atoms with Crippen molar-refractivity contribution in [2.24, 2.45) is 0 Å². The average Bonchev–Trinajstić information content (AvgIpc) is 2.07. The smallest absolute Gasteiger partial charge is 0.258 e. The van der Waals surface area contributed by atoms with E-state index in [1.807, 2.05) is 6.92 Å². The first-order valence-corrected chi connectivity index (χ1v) is 4.48. The molecule has 0 aliphatic rings. The van der Waals surface area contributed by atoms with Crippen LogP contribution < -0.4 is 0 Å². The van der Waals surface area contributed by atoms with E-state index in [2.05, 4.69) is 15.9 Å². The number of hydrogen-bond acceptors (Lipinski definition) is 2. The third kappa shape index (κ3) is 2.03. The molecule has 0 amide bonds. The minimum absolute atomic E-state index is 0.496. The molecule has 0 unspecified atom stereocenters. The molecule has 0 radical (unpaired) electrons. The maximum atomic E-state index is 13.0. The molecule has 5 heteroatoms. The summed E-state index contributed by atoms with van der Waals surface area (Å²) in [7, 11) is 0. The van der Waals surface area contributed by atoms with E-state index < -0.39 is 16.4 Å². The van der Waals surface area contributed by atoms with Crippen LogP contribution in [0.5, 0.6) is 0 Å². The number of benzene rings is 1. The van der Waals surface area contributed by atoms with Crippen molar-refractivity contribution in [3.63, 3.8) is 0 Å². The van der Waals surface area contributed by atoms with Gasteiger partial charge in [0.2, 0.25) is 5.82 Å². The predicted molar refractivity (Wildman–Crippen MR) is 50.1 cm³/mol. The van der Waals surface area contributed by atoms with E-state index in [4.69, 9.17) is 0 Å². The Kier molecular flexibility index (Phi) is 2.98. The second kappa shape index (κ2) is 3.83. The molecule has 13 heavy (non-hydrogen) atoms. The lowest BCUT2D eigenvalue weighted by atomic mass is 10.1. The van der Waals surface area contributed by atoms with Crippen LogP contribution >= 0.6 is 15.9 Å². The summed E-state index contributed by atoms with van der Waals surface area (Å²) in [4.78, 5) is 9.58. The monoisotopic (exact) mass is 247 g/mol. The topological polar surface area (TPSA) is 43.1 Å². The summed E-state index contributed by atoms with van der Waals surface area (Å²) in [6, 6.07) is 2.37. The minimum Gasteiger partial charge on any atom is -0.258 e. The second-order valence-corrected chi connectivity index (χ2v) is 3.36. The molecule has 0 bridgehead atoms. The molecule has 0 heterocycles. The summed E-state index contributed by atoms with van der Waals surface area (Å²) in [5.74, 6) is -0.787. The summed E-state index contributed by atoms with van der Waals surface area (Å²) in [6.07, 6.45) is 0.634. The first-order valence-electron chi connectivity index (χ1n) is 3.68. The Morgan fingerprint density at radius 1 is 1.62 bits per heavy atom. The zero-order valence-electron chi connectivity index (χ0n) is 6.88. The van der Waals surface area contributed by atoms with Crippen molar-refractivity contribution in [3.05, 3.63) is 38.1 Å². The first-order chi connectivity index (χ1) is 6.06. The normalized spacial score (nSPS) is 10.1. The summed E-state index contributed by atoms with van der Waals surface area (Å²) in [5.41, 5.74) is 0.229. The van der Waals surface area contributed by atoms with Crippen molar-refractivity contribution in [2.45, 2.75) is 13.3 Å². The highest BCUT2D eigenvalue weighted by atomic mass is 79.9. The molecule has 0 saturated carbocycles. The number of nitro groups is 1. The third-order valence-corrected chi connectivity index (χ3v) is 2.43. The number of hydrogen-bond donors (Lipinski definition) is 0. The van der Waals surface area contributed by atoms with Gasteiger partial charge < -0.3 is 0 Å². The van der Waals surface area contributed by atoms with Gasteiger partial charge in [-0.1, -0.05) is 22.9 Å². The number of rotatable bonds is 2. The SMILES string of the molecule is CCc1cc(F)c([N+](=O)[O-])cc1Br. The summed E-state index contributed by atoms with van der Waals surface area (Å²) >= 11 is 3.14. The Balaban J connectivity index is 3.28. The lowest BCUT2D eigenvalue weighted by molar-refractivity contribution is -0.387. The number of nitrogens with zero attached hydrogens (tertiary/aromatic N) is 1. The molecule has 0 aromatic heterocycles. The highest BCUT2D eigenvalue weighted by molar-refractivity contribution is 9.10. The van der Waals surface area contributed by atoms with Crippen LogP contribution in [0.3, 0.4) is 0 Å². The van der Waals surface area contributed by atoms with E-state index >= 15 is 0 Å². The van der Waals surface area contributed by atoms with Crippen LogP contribution in [0.25, 0.3) is 0 Å². The van der Waals surface area contributed by atoms with E-state index in [1.165, 1.54) is 12.1 Å². The molecular formula is C8H7BrFNO2. The highest BCUT2D eigenvalue weighted by Crippen LogP contribution is 2.26. The van der Waals surface area contributed by atoms with E-state index in [-0.39, 0.29) is 0 Å². The first kappa shape index (κ1) is 10.1. The van der Waals surface area contributed by atoms with Crippen molar-refractivity contribution < 1.29 is 9.31 Å². The van der Waals surface area contributed by atoms with Crippen molar-refractivity contribution in [3.8, 4) is 0 Å². The Labute approximate surface area is 82.8 Å². The van der Waals surface area contributed by atoms with Gasteiger partial charge in [0.25, 0.3) is 0 Å². The number of nitro benzene ring substituents is 1. The van der Waals surface area contributed by atoms with E-state index in [0.29, 0.717) is 10.9 Å². The van der Waals surface area contributed by atoms with Crippen LogP contribution in [-0.4, -0.2) is 4.92 Å². The summed E-state index contributed by atoms with van der Waals surface area (Å²) in [5, 5.41) is 10.3. The molecule has 3 nitrogen and oxygen atoms in total. The van der Waals surface area contributed by atoms with E-state index in [1.54, 1.807) is 0 Å². The fourth-order valence-electron chi connectivity index (χ4n) is 0.988. The van der Waals surface area contributed by atoms with Gasteiger partial charge in [-0.15, -0.1) is 0 Å². The van der Waals surface area contributed by atoms with Gasteiger partial charge in [0.15, 0.2) is 0 Å². The third-order valence-electron chi connectivity index (χ3n) is 1.69. The maximum absolute atomic E-state index is 13.0. The molecule has 70 valence electrons. The van der Waals surface area contributed by atoms with Crippen LogP contribution in [0.4, 0.5) is 10.1 Å². The Bertz CT molecular complexity index is 354. The fraction of sp³-hybridized carbons (Fsp3) is 0.250. The molecule has 0 aliphatic carbocycles. The second-order valence-electron chi connectivity index (χ2n) is 2.51. The Morgan fingerprint density at radius 2 is 2.23 bits per heavy atom. The van der Waals surface area contributed by atoms with Crippen molar-refractivity contribution in [2.75, 3.05) is 0 Å². The molecule has 1 aromatic carbocycles. The van der Waals surface area contributed by atoms with Gasteiger partial charge in [0, 0.05) is 10.5 Å². The lowest BCUT2D eigenvalue weighted by Gasteiger charge is -2.01. The molecular weight excluding hydrogens is 241 g/mol. The number of aryl methyl sites for hydroxylation is 1. The molecule has 0 saturated heterocycles. The molecule has 0 N–H and O–H groups in total. The number of halogens is 2. The molecule has 1 rings (SSSR count). The molecule has 0 atom stereocenters. The molecule has 0 aliphatic heterocycles. The van der Waals surface area contributed by atoms with Crippen LogP contribution in [0.2, 0.25) is 0 Å². The zero-order chi connectivity index (χ0) is 10.0. The molecule has 1 aromatic rings. The Morgan fingerprint density at radius 3 is 2.69 bits per heavy atom. The van der Waals surface area contributed by atoms with Gasteiger partial charge >= 0.3 is 5.69 Å². The van der Waals surface area contributed by atoms with E-state index in [9.17, 15) is 14.5 Å². The van der Waals surface area contributed by atoms with Gasteiger partial charge in [-0.05, 0) is 18.1 Å². The van der Waals surface area contributed by atoms with Gasteiger partial charge in [0.1, 0.15) is 0 Å². The largest absolute Gasteiger partial charge is 0.305 e. The van der Waals surface area contributed by atoms with Crippen molar-refractivity contribution in [1.82, 2.24) is 0 Å². The summed E-state index contributed by atoms with van der Waals surface area (Å²) < 4.78 is 13.6. The van der Waals surface area contributed by atoms with Crippen molar-refractivity contribution >= 4 is 21.6 Å². The highest BCUT2D eigenvalue weighted by Gasteiger charge is 2.16. The standard InChI is InChI=1S/C8H7BrFNO2/c1-2-5-3-7(10)8(11(12)13)4-6(5)9/h3-4H,2H2,1H3. The molecule has 0 fully saturated rings. The lowest BCUT2D eigenvalue weighted by Crippen LogP contribution is -1.94. The maximum Gasteiger partial charge on any atom is 0.305 e. The fourth-order valence-corrected chi connectivity index (χ4v) is 1.60. The van der Waals surface area contributed by atoms with Crippen LogP contribution in [-0.2, 0) is 6.42 Å². The summed E-state index contributed by atoms with van der Waals surface area (Å²) in [6.45, 7) is 1.85. The van der Waals surface area contributed by atoms with Crippen LogP contribution in [0.1, 0.15) is 12.5 Å². The van der Waals surface area contributed by atoms with Crippen molar-refractivity contribution in [1.29, 1.82) is 0 Å². The Hall–Kier alpha value is -0.970. The molecule has 0 spiro atoms. The zero-order valence-corrected chi connectivity index (χ0v) is 8.47. The van der Waals surface area contributed by atoms with Gasteiger partial charge in [-0.3, -0.25) is 10.1 Å². The van der Waals surface area contributed by atoms with Gasteiger partial charge in [-0.2, -0.15) is 4.39 Å². The van der Waals surface area contributed by atoms with Gasteiger partial charge in [0.05, 0.1) is 4.92 Å². The average molecular weight is 248 g/mol. The van der Waals surface area contributed by atoms with Crippen LogP contribution in [0, 0.1) is 15.9 Å². The minimum atomic E-state index is -0.787. The van der Waals surface area contributed by atoms with E-state index in [0.717, 1.165) is 5.56 Å². The quantitative estimate of drug-likeness (QED) is 0.596. The predicted octanol–water partition coefficient (Wildman–Crippen LogP) is 3.06. The van der Waals surface area contributed by atoms with Crippen LogP contribution in [0.15, 0.2) is 16.6 Å². The van der Waals surface area contributed by atoms with Gasteiger partial charge in [-0.25, -0.2) is 0 Å².